The molecule has 1 unspecified atom stereocenters. The Morgan fingerprint density at radius 3 is 2.92 bits per heavy atom. The van der Waals surface area contributed by atoms with Crippen LogP contribution < -0.4 is 15.5 Å². The van der Waals surface area contributed by atoms with E-state index >= 15 is 0 Å². The van der Waals surface area contributed by atoms with E-state index in [0.717, 1.165) is 31.7 Å². The van der Waals surface area contributed by atoms with Crippen LogP contribution in [0.15, 0.2) is 6.20 Å². The molecule has 4 N–H and O–H groups in total. The number of nitrogens with two attached hydrogens (primary N) is 1. The van der Waals surface area contributed by atoms with Crippen molar-refractivity contribution < 1.29 is 15.0 Å². The highest BCUT2D eigenvalue weighted by Crippen LogP contribution is 2.28. The highest BCUT2D eigenvalue weighted by atomic mass is 16.2. The van der Waals surface area contributed by atoms with Gasteiger partial charge in [-0.05, 0) is 18.8 Å². The van der Waals surface area contributed by atoms with Crippen LogP contribution in [0.25, 0.3) is 0 Å². The van der Waals surface area contributed by atoms with Crippen LogP contribution in [0.1, 0.15) is 50.6 Å². The smallest absolute Gasteiger partial charge is 0.229 e. The van der Waals surface area contributed by atoms with Gasteiger partial charge < -0.3 is 15.5 Å². The van der Waals surface area contributed by atoms with Gasteiger partial charge in [0.25, 0.3) is 0 Å². The molecule has 4 heterocycles. The van der Waals surface area contributed by atoms with Crippen molar-refractivity contribution in [2.24, 2.45) is 11.8 Å². The van der Waals surface area contributed by atoms with Gasteiger partial charge in [0.15, 0.2) is 0 Å². The Bertz CT molecular complexity index is 611. The van der Waals surface area contributed by atoms with Crippen molar-refractivity contribution in [3.63, 3.8) is 0 Å². The van der Waals surface area contributed by atoms with Gasteiger partial charge in [-0.2, -0.15) is 0 Å². The molecule has 2 bridgehead atoms. The molecule has 1 aromatic heterocycles. The number of hydrogen-bond donors (Lipinski definition) is 3. The first-order valence-electron chi connectivity index (χ1n) is 10.5. The molecule has 144 valence electrons. The maximum atomic E-state index is 12.8. The number of aromatic nitrogens is 3. The molecule has 1 saturated carbocycles. The Morgan fingerprint density at radius 1 is 1.35 bits per heavy atom. The fourth-order valence-electron chi connectivity index (χ4n) is 5.33. The number of carbonyl (C=O) groups excluding carboxylic acids is 1. The number of nitrogens with zero attached hydrogens (tertiary/aromatic N) is 3. The summed E-state index contributed by atoms with van der Waals surface area (Å²) < 4.78 is 2.01. The lowest BCUT2D eigenvalue weighted by Gasteiger charge is -2.46. The lowest BCUT2D eigenvalue weighted by Crippen LogP contribution is -3.20. The van der Waals surface area contributed by atoms with Crippen molar-refractivity contribution in [3.05, 3.63) is 11.9 Å². The first-order chi connectivity index (χ1) is 12.7. The Hall–Kier alpha value is -1.47. The summed E-state index contributed by atoms with van der Waals surface area (Å²) in [5.41, 5.74) is 1.04. The van der Waals surface area contributed by atoms with Crippen LogP contribution in [-0.2, 0) is 17.9 Å². The molecule has 1 amide bonds. The summed E-state index contributed by atoms with van der Waals surface area (Å²) >= 11 is 0. The van der Waals surface area contributed by atoms with Gasteiger partial charge >= 0.3 is 0 Å². The fourth-order valence-corrected chi connectivity index (χ4v) is 5.33. The number of rotatable bonds is 6. The van der Waals surface area contributed by atoms with Gasteiger partial charge in [0.2, 0.25) is 5.91 Å². The van der Waals surface area contributed by atoms with E-state index in [2.05, 4.69) is 27.1 Å². The van der Waals surface area contributed by atoms with Crippen LogP contribution in [-0.4, -0.2) is 53.1 Å². The summed E-state index contributed by atoms with van der Waals surface area (Å²) in [5.74, 6) is 1.10. The summed E-state index contributed by atoms with van der Waals surface area (Å²) in [6, 6.07) is 1.01. The minimum atomic E-state index is 0.220. The van der Waals surface area contributed by atoms with Gasteiger partial charge in [-0.1, -0.05) is 24.5 Å². The molecule has 0 radical (unpaired) electrons. The third-order valence-electron chi connectivity index (χ3n) is 6.75. The maximum Gasteiger partial charge on any atom is 0.229 e. The predicted octanol–water partition coefficient (Wildman–Crippen LogP) is -1.29. The van der Waals surface area contributed by atoms with Crippen molar-refractivity contribution in [1.29, 1.82) is 0 Å². The molecule has 1 aliphatic carbocycles. The third-order valence-corrected chi connectivity index (χ3v) is 6.75. The molecule has 0 aromatic carbocycles. The third kappa shape index (κ3) is 3.93. The van der Waals surface area contributed by atoms with Crippen molar-refractivity contribution in [1.82, 2.24) is 20.3 Å². The topological polar surface area (TPSA) is 80.9 Å². The van der Waals surface area contributed by atoms with Gasteiger partial charge in [0.05, 0.1) is 38.8 Å². The molecule has 26 heavy (non-hydrogen) atoms. The lowest BCUT2D eigenvalue weighted by molar-refractivity contribution is -0.945. The van der Waals surface area contributed by atoms with Gasteiger partial charge in [-0.15, -0.1) is 5.10 Å². The van der Waals surface area contributed by atoms with E-state index in [-0.39, 0.29) is 5.92 Å². The SMILES string of the molecule is C[NH2+]Cc1cn(C[C@H]2C[C@H]3CC[NH+]2C[C@@H]3C(=O)NC2CCCCC2)nn1. The molecule has 1 aromatic rings. The van der Waals surface area contributed by atoms with Crippen LogP contribution in [0.2, 0.25) is 0 Å². The number of amides is 1. The monoisotopic (exact) mass is 362 g/mol. The zero-order valence-corrected chi connectivity index (χ0v) is 16.0. The molecular weight excluding hydrogens is 328 g/mol. The van der Waals surface area contributed by atoms with Crippen LogP contribution in [0.5, 0.6) is 0 Å². The molecule has 4 atom stereocenters. The number of fused-ring (bicyclic) bond motifs is 3. The van der Waals surface area contributed by atoms with Gasteiger partial charge in [-0.25, -0.2) is 4.68 Å². The van der Waals surface area contributed by atoms with E-state index in [1.165, 1.54) is 45.1 Å². The summed E-state index contributed by atoms with van der Waals surface area (Å²) in [6.45, 7) is 4.01. The lowest BCUT2D eigenvalue weighted by atomic mass is 9.75. The zero-order chi connectivity index (χ0) is 17.9. The van der Waals surface area contributed by atoms with E-state index in [9.17, 15) is 4.79 Å². The van der Waals surface area contributed by atoms with Crippen molar-refractivity contribution in [2.75, 3.05) is 20.1 Å². The Labute approximate surface area is 155 Å². The number of nitrogens with one attached hydrogen (secondary N) is 2. The maximum absolute atomic E-state index is 12.8. The second-order valence-corrected chi connectivity index (χ2v) is 8.59. The van der Waals surface area contributed by atoms with E-state index in [1.54, 1.807) is 4.90 Å². The number of carbonyl (C=O) groups is 1. The fraction of sp³-hybridized carbons (Fsp3) is 0.842. The predicted molar refractivity (Wildman–Crippen MR) is 97.3 cm³/mol. The molecule has 4 fully saturated rings. The van der Waals surface area contributed by atoms with E-state index in [0.29, 0.717) is 23.9 Å². The molecule has 3 aliphatic heterocycles. The van der Waals surface area contributed by atoms with Crippen LogP contribution in [0, 0.1) is 11.8 Å². The Morgan fingerprint density at radius 2 is 2.19 bits per heavy atom. The first-order valence-corrected chi connectivity index (χ1v) is 10.5. The van der Waals surface area contributed by atoms with Crippen LogP contribution in [0.4, 0.5) is 0 Å². The Kier molecular flexibility index (Phi) is 5.55. The second-order valence-electron chi connectivity index (χ2n) is 8.59. The quantitative estimate of drug-likeness (QED) is 0.589. The second kappa shape index (κ2) is 8.05. The van der Waals surface area contributed by atoms with Gasteiger partial charge in [0, 0.05) is 18.9 Å². The zero-order valence-electron chi connectivity index (χ0n) is 16.0. The van der Waals surface area contributed by atoms with Gasteiger partial charge in [0.1, 0.15) is 18.3 Å². The highest BCUT2D eigenvalue weighted by molar-refractivity contribution is 5.79. The Balaban J connectivity index is 1.32. The van der Waals surface area contributed by atoms with E-state index < -0.39 is 0 Å². The molecule has 5 rings (SSSR count). The van der Waals surface area contributed by atoms with Crippen LogP contribution in [0.3, 0.4) is 0 Å². The van der Waals surface area contributed by atoms with E-state index in [1.807, 2.05) is 11.7 Å². The first kappa shape index (κ1) is 17.9. The number of piperidine rings is 3. The van der Waals surface area contributed by atoms with Crippen molar-refractivity contribution in [2.45, 2.75) is 70.1 Å². The summed E-state index contributed by atoms with van der Waals surface area (Å²) in [4.78, 5) is 14.4. The summed E-state index contributed by atoms with van der Waals surface area (Å²) in [7, 11) is 2.05. The van der Waals surface area contributed by atoms with E-state index in [4.69, 9.17) is 0 Å². The standard InChI is InChI=1S/C19H32N6O/c1-20-10-16-11-25(23-22-16)12-17-9-14-7-8-24(17)13-18(14)19(26)21-15-5-3-2-4-6-15/h11,14-15,17-18,20H,2-10,12-13H2,1H3,(H,21,26)/p+2/t14-,17-,18+/m1/s1. The normalized spacial score (nSPS) is 31.9. The van der Waals surface area contributed by atoms with Gasteiger partial charge in [-0.3, -0.25) is 4.79 Å². The highest BCUT2D eigenvalue weighted by Gasteiger charge is 2.46. The largest absolute Gasteiger partial charge is 0.353 e. The molecular formula is C19H34N6O+2. The summed E-state index contributed by atoms with van der Waals surface area (Å²) in [6.07, 6.45) is 10.6. The molecule has 3 saturated heterocycles. The number of hydrogen-bond acceptors (Lipinski definition) is 3. The summed E-state index contributed by atoms with van der Waals surface area (Å²) in [5, 5.41) is 14.0. The van der Waals surface area contributed by atoms with Crippen LogP contribution >= 0.6 is 0 Å². The van der Waals surface area contributed by atoms with Crippen molar-refractivity contribution >= 4 is 5.91 Å². The molecule has 4 aliphatic rings. The average Bonchev–Trinajstić information content (AvgIpc) is 3.10. The molecule has 0 spiro atoms. The average molecular weight is 363 g/mol. The molecule has 7 heteroatoms. The van der Waals surface area contributed by atoms with Crippen molar-refractivity contribution in [3.8, 4) is 0 Å². The minimum Gasteiger partial charge on any atom is -0.353 e. The number of quaternary nitrogens is 2. The molecule has 7 nitrogen and oxygen atoms in total. The minimum absolute atomic E-state index is 0.220.